The number of hydrogen-bond donors (Lipinski definition) is 0. The molecular weight excluding hydrogens is 505 g/mol. The molecule has 0 aliphatic carbocycles. The monoisotopic (exact) mass is 546 g/mol. The van der Waals surface area contributed by atoms with Crippen LogP contribution in [-0.4, -0.2) is 74.7 Å². The number of esters is 2. The minimum atomic E-state index is -4.95. The topological polar surface area (TPSA) is 116 Å². The van der Waals surface area contributed by atoms with Gasteiger partial charge < -0.3 is 32.7 Å². The van der Waals surface area contributed by atoms with Crippen LogP contribution in [0.2, 0.25) is 0 Å². The van der Waals surface area contributed by atoms with E-state index in [1.54, 1.807) is 0 Å². The van der Waals surface area contributed by atoms with Gasteiger partial charge in [0.25, 0.3) is 0 Å². The van der Waals surface area contributed by atoms with Gasteiger partial charge in [-0.25, -0.2) is 0 Å². The molecule has 0 aromatic rings. The van der Waals surface area contributed by atoms with Crippen LogP contribution in [0.15, 0.2) is 0 Å². The van der Waals surface area contributed by atoms with Gasteiger partial charge in [0.15, 0.2) is 6.10 Å². The summed E-state index contributed by atoms with van der Waals surface area (Å²) in [4.78, 5) is 23.7. The molecule has 1 rings (SSSR count). The van der Waals surface area contributed by atoms with E-state index in [-0.39, 0.29) is 26.4 Å². The molecule has 0 saturated carbocycles. The maximum absolute atomic E-state index is 15.7. The van der Waals surface area contributed by atoms with Crippen LogP contribution in [0.25, 0.3) is 0 Å². The molecule has 0 aromatic carbocycles. The molecule has 0 bridgehead atoms. The van der Waals surface area contributed by atoms with Crippen molar-refractivity contribution >= 4 is 19.5 Å². The predicted octanol–water partition coefficient (Wildman–Crippen LogP) is 4.83. The number of unbranched alkanes of at least 4 members (excludes halogenated alkanes) is 2. The number of rotatable bonds is 18. The van der Waals surface area contributed by atoms with Crippen LogP contribution < -0.4 is 0 Å². The second kappa shape index (κ2) is 15.3. The van der Waals surface area contributed by atoms with Crippen molar-refractivity contribution in [2.24, 2.45) is 0 Å². The molecule has 1 aliphatic heterocycles. The SMILES string of the molecule is CCCCOC[C@@]1(CC(F)(F)P(=O)(OCC)OCC)O[C@@H](OC(C)=O)[C@@H](OC(C)=O)C1OCCCC. The summed E-state index contributed by atoms with van der Waals surface area (Å²) in [5.41, 5.74) is -6.07. The van der Waals surface area contributed by atoms with Crippen molar-refractivity contribution in [2.45, 2.75) is 103 Å². The summed E-state index contributed by atoms with van der Waals surface area (Å²) in [5, 5.41) is 0. The van der Waals surface area contributed by atoms with Crippen LogP contribution in [0.1, 0.15) is 73.6 Å². The number of carbonyl (C=O) groups is 2. The second-order valence-corrected chi connectivity index (χ2v) is 10.6. The van der Waals surface area contributed by atoms with Crippen LogP contribution in [-0.2, 0) is 46.9 Å². The van der Waals surface area contributed by atoms with E-state index in [1.165, 1.54) is 13.8 Å². The van der Waals surface area contributed by atoms with Crippen molar-refractivity contribution in [1.82, 2.24) is 0 Å². The Labute approximate surface area is 212 Å². The summed E-state index contributed by atoms with van der Waals surface area (Å²) in [6, 6.07) is 0. The van der Waals surface area contributed by atoms with Gasteiger partial charge in [0.05, 0.1) is 26.2 Å². The molecule has 1 heterocycles. The molecular formula is C23H41F2O10P. The zero-order valence-corrected chi connectivity index (χ0v) is 23.0. The summed E-state index contributed by atoms with van der Waals surface area (Å²) in [6.45, 7) is 8.25. The standard InChI is InChI=1S/C23H41F2O10P/c1-7-11-13-29-16-22(15-23(24,25)36(28,31-9-3)32-10-4)20(30-14-12-8-2)19(33-17(5)26)21(35-22)34-18(6)27/h19-21H,7-16H2,1-6H3/t19-,20?,21+,22+/m0/s1. The maximum Gasteiger partial charge on any atom is 0.399 e. The lowest BCUT2D eigenvalue weighted by atomic mass is 9.92. The highest BCUT2D eigenvalue weighted by molar-refractivity contribution is 7.55. The first-order valence-electron chi connectivity index (χ1n) is 12.4. The summed E-state index contributed by atoms with van der Waals surface area (Å²) in [5.74, 6) is -1.54. The molecule has 13 heteroatoms. The van der Waals surface area contributed by atoms with Gasteiger partial charge in [-0.1, -0.05) is 26.7 Å². The highest BCUT2D eigenvalue weighted by Crippen LogP contribution is 2.65. The van der Waals surface area contributed by atoms with Crippen molar-refractivity contribution < 1.29 is 55.7 Å². The summed E-state index contributed by atoms with van der Waals surface area (Å²) >= 11 is 0. The third-order valence-electron chi connectivity index (χ3n) is 5.31. The Morgan fingerprint density at radius 1 is 0.944 bits per heavy atom. The summed E-state index contributed by atoms with van der Waals surface area (Å²) < 4.78 is 82.5. The molecule has 212 valence electrons. The molecule has 1 saturated heterocycles. The molecule has 1 fully saturated rings. The summed E-state index contributed by atoms with van der Waals surface area (Å²) in [6.07, 6.45) is -2.74. The minimum Gasteiger partial charge on any atom is -0.453 e. The number of halogens is 2. The molecule has 0 amide bonds. The smallest absolute Gasteiger partial charge is 0.399 e. The van der Waals surface area contributed by atoms with E-state index in [2.05, 4.69) is 0 Å². The molecule has 0 radical (unpaired) electrons. The lowest BCUT2D eigenvalue weighted by Crippen LogP contribution is -2.52. The van der Waals surface area contributed by atoms with Gasteiger partial charge in [-0.15, -0.1) is 0 Å². The largest absolute Gasteiger partial charge is 0.453 e. The fourth-order valence-corrected chi connectivity index (χ4v) is 5.39. The Hall–Kier alpha value is -1.17. The minimum absolute atomic E-state index is 0.117. The van der Waals surface area contributed by atoms with Crippen molar-refractivity contribution in [3.63, 3.8) is 0 Å². The van der Waals surface area contributed by atoms with E-state index in [0.717, 1.165) is 26.7 Å². The van der Waals surface area contributed by atoms with E-state index >= 15 is 8.78 Å². The number of alkyl halides is 2. The first kappa shape index (κ1) is 32.9. The lowest BCUT2D eigenvalue weighted by molar-refractivity contribution is -0.220. The normalized spacial score (nSPS) is 24.6. The van der Waals surface area contributed by atoms with Crippen LogP contribution in [0, 0.1) is 0 Å². The Balaban J connectivity index is 3.57. The average Bonchev–Trinajstić information content (AvgIpc) is 3.02. The van der Waals surface area contributed by atoms with Crippen LogP contribution >= 0.6 is 7.60 Å². The Morgan fingerprint density at radius 3 is 2.00 bits per heavy atom. The van der Waals surface area contributed by atoms with E-state index in [4.69, 9.17) is 32.7 Å². The Bertz CT molecular complexity index is 728. The number of carbonyl (C=O) groups excluding carboxylic acids is 2. The van der Waals surface area contributed by atoms with Gasteiger partial charge in [0.1, 0.15) is 11.7 Å². The highest BCUT2D eigenvalue weighted by atomic mass is 31.2. The first-order chi connectivity index (χ1) is 16.9. The molecule has 0 aromatic heterocycles. The second-order valence-electron chi connectivity index (χ2n) is 8.46. The zero-order valence-electron chi connectivity index (χ0n) is 22.1. The predicted molar refractivity (Wildman–Crippen MR) is 126 cm³/mol. The van der Waals surface area contributed by atoms with E-state index in [9.17, 15) is 14.2 Å². The van der Waals surface area contributed by atoms with Gasteiger partial charge in [0, 0.05) is 27.1 Å². The van der Waals surface area contributed by atoms with Gasteiger partial charge >= 0.3 is 25.2 Å². The molecule has 10 nitrogen and oxygen atoms in total. The molecule has 1 unspecified atom stereocenters. The fraction of sp³-hybridized carbons (Fsp3) is 0.913. The molecule has 0 N–H and O–H groups in total. The van der Waals surface area contributed by atoms with E-state index < -0.39 is 62.3 Å². The molecule has 4 atom stereocenters. The number of ether oxygens (including phenoxy) is 5. The zero-order chi connectivity index (χ0) is 27.4. The van der Waals surface area contributed by atoms with Crippen molar-refractivity contribution in [3.05, 3.63) is 0 Å². The van der Waals surface area contributed by atoms with E-state index in [1.807, 2.05) is 13.8 Å². The average molecular weight is 547 g/mol. The highest BCUT2D eigenvalue weighted by Gasteiger charge is 2.66. The van der Waals surface area contributed by atoms with Crippen molar-refractivity contribution in [3.8, 4) is 0 Å². The van der Waals surface area contributed by atoms with Crippen LogP contribution in [0.4, 0.5) is 8.78 Å². The number of hydrogen-bond acceptors (Lipinski definition) is 10. The molecule has 0 spiro atoms. The first-order valence-corrected chi connectivity index (χ1v) is 13.9. The lowest BCUT2D eigenvalue weighted by Gasteiger charge is -2.38. The van der Waals surface area contributed by atoms with Gasteiger partial charge in [-0.3, -0.25) is 14.2 Å². The summed E-state index contributed by atoms with van der Waals surface area (Å²) in [7, 11) is -4.95. The molecule has 36 heavy (non-hydrogen) atoms. The van der Waals surface area contributed by atoms with E-state index in [0.29, 0.717) is 12.8 Å². The Morgan fingerprint density at radius 2 is 1.50 bits per heavy atom. The maximum atomic E-state index is 15.7. The quantitative estimate of drug-likeness (QED) is 0.134. The van der Waals surface area contributed by atoms with Gasteiger partial charge in [-0.2, -0.15) is 8.78 Å². The molecule has 1 aliphatic rings. The van der Waals surface area contributed by atoms with Crippen molar-refractivity contribution in [2.75, 3.05) is 33.0 Å². The Kier molecular flexibility index (Phi) is 14.0. The third kappa shape index (κ3) is 8.99. The third-order valence-corrected chi connectivity index (χ3v) is 7.47. The van der Waals surface area contributed by atoms with Gasteiger partial charge in [0.2, 0.25) is 6.29 Å². The van der Waals surface area contributed by atoms with Crippen LogP contribution in [0.3, 0.4) is 0 Å². The van der Waals surface area contributed by atoms with Crippen molar-refractivity contribution in [1.29, 1.82) is 0 Å². The van der Waals surface area contributed by atoms with Gasteiger partial charge in [-0.05, 0) is 26.7 Å². The van der Waals surface area contributed by atoms with Crippen LogP contribution in [0.5, 0.6) is 0 Å². The fourth-order valence-electron chi connectivity index (χ4n) is 3.80.